The maximum atomic E-state index is 13.2. The fourth-order valence-corrected chi connectivity index (χ4v) is 3.26. The predicted octanol–water partition coefficient (Wildman–Crippen LogP) is 3.38. The first kappa shape index (κ1) is 24.2. The molecule has 3 rings (SSSR count). The number of para-hydroxylation sites is 1. The third-order valence-electron chi connectivity index (χ3n) is 5.04. The number of rotatable bonds is 9. The average Bonchev–Trinajstić information content (AvgIpc) is 2.87. The average molecular weight is 462 g/mol. The summed E-state index contributed by atoms with van der Waals surface area (Å²) in [6.45, 7) is 0.183. The molecule has 0 saturated carbocycles. The lowest BCUT2D eigenvalue weighted by molar-refractivity contribution is -0.117. The van der Waals surface area contributed by atoms with E-state index in [1.165, 1.54) is 27.4 Å². The number of amides is 2. The molecule has 0 unspecified atom stereocenters. The highest BCUT2D eigenvalue weighted by atomic mass is 16.5. The van der Waals surface area contributed by atoms with E-state index in [1.54, 1.807) is 48.5 Å². The number of ether oxygens (including phenoxy) is 3. The van der Waals surface area contributed by atoms with Gasteiger partial charge in [0, 0.05) is 29.4 Å². The molecule has 8 heteroatoms. The SMILES string of the molecule is COc1cc(C=C(NC(=O)c2ccccc2)C(=O)NCc2ccccc2N)c(OC)c(OC)c1. The van der Waals surface area contributed by atoms with Crippen molar-refractivity contribution in [3.05, 3.63) is 89.1 Å². The van der Waals surface area contributed by atoms with E-state index in [4.69, 9.17) is 19.9 Å². The number of nitrogen functional groups attached to an aromatic ring is 1. The molecular formula is C26H27N3O5. The molecule has 0 aliphatic rings. The molecule has 3 aromatic carbocycles. The normalized spacial score (nSPS) is 10.9. The number of nitrogens with one attached hydrogen (secondary N) is 2. The standard InChI is InChI=1S/C26H27N3O5/c1-32-20-13-19(24(34-3)23(15-20)33-2)14-22(29-25(30)17-9-5-4-6-10-17)26(31)28-16-18-11-7-8-12-21(18)27/h4-15H,16,27H2,1-3H3,(H,28,31)(H,29,30). The van der Waals surface area contributed by atoms with Gasteiger partial charge in [0.15, 0.2) is 11.5 Å². The van der Waals surface area contributed by atoms with E-state index < -0.39 is 11.8 Å². The molecule has 0 aromatic heterocycles. The molecule has 0 fully saturated rings. The van der Waals surface area contributed by atoms with Crippen molar-refractivity contribution in [2.75, 3.05) is 27.1 Å². The van der Waals surface area contributed by atoms with Crippen molar-refractivity contribution in [3.63, 3.8) is 0 Å². The van der Waals surface area contributed by atoms with E-state index in [9.17, 15) is 9.59 Å². The van der Waals surface area contributed by atoms with Crippen LogP contribution in [0.3, 0.4) is 0 Å². The molecule has 4 N–H and O–H groups in total. The zero-order chi connectivity index (χ0) is 24.5. The Balaban J connectivity index is 1.99. The smallest absolute Gasteiger partial charge is 0.268 e. The maximum absolute atomic E-state index is 13.2. The first-order chi connectivity index (χ1) is 16.5. The summed E-state index contributed by atoms with van der Waals surface area (Å²) in [5, 5.41) is 5.51. The van der Waals surface area contributed by atoms with E-state index in [2.05, 4.69) is 10.6 Å². The van der Waals surface area contributed by atoms with Crippen LogP contribution >= 0.6 is 0 Å². The molecule has 0 spiro atoms. The lowest BCUT2D eigenvalue weighted by Gasteiger charge is -2.15. The fraction of sp³-hybridized carbons (Fsp3) is 0.154. The van der Waals surface area contributed by atoms with Crippen LogP contribution in [0, 0.1) is 0 Å². The largest absolute Gasteiger partial charge is 0.497 e. The number of nitrogens with two attached hydrogens (primary N) is 1. The number of hydrogen-bond donors (Lipinski definition) is 3. The van der Waals surface area contributed by atoms with Gasteiger partial charge in [0.2, 0.25) is 0 Å². The summed E-state index contributed by atoms with van der Waals surface area (Å²) in [6.07, 6.45) is 1.51. The molecule has 0 aliphatic carbocycles. The second-order valence-electron chi connectivity index (χ2n) is 7.21. The summed E-state index contributed by atoms with van der Waals surface area (Å²) in [7, 11) is 4.51. The highest BCUT2D eigenvalue weighted by Crippen LogP contribution is 2.36. The van der Waals surface area contributed by atoms with Crippen LogP contribution in [0.25, 0.3) is 6.08 Å². The number of benzene rings is 3. The van der Waals surface area contributed by atoms with Gasteiger partial charge in [-0.1, -0.05) is 36.4 Å². The molecule has 2 amide bonds. The first-order valence-corrected chi connectivity index (χ1v) is 10.5. The zero-order valence-corrected chi connectivity index (χ0v) is 19.3. The lowest BCUT2D eigenvalue weighted by atomic mass is 10.1. The molecule has 3 aromatic rings. The van der Waals surface area contributed by atoms with Crippen molar-refractivity contribution in [1.82, 2.24) is 10.6 Å². The Morgan fingerprint density at radius 1 is 0.912 bits per heavy atom. The lowest BCUT2D eigenvalue weighted by Crippen LogP contribution is -2.34. The van der Waals surface area contributed by atoms with Gasteiger partial charge in [-0.15, -0.1) is 0 Å². The van der Waals surface area contributed by atoms with Crippen molar-refractivity contribution in [3.8, 4) is 17.2 Å². The first-order valence-electron chi connectivity index (χ1n) is 10.5. The van der Waals surface area contributed by atoms with Gasteiger partial charge in [-0.3, -0.25) is 9.59 Å². The van der Waals surface area contributed by atoms with Crippen LogP contribution in [0.4, 0.5) is 5.69 Å². The summed E-state index contributed by atoms with van der Waals surface area (Å²) in [5.74, 6) is 0.357. The minimum absolute atomic E-state index is 0.0111. The minimum atomic E-state index is -0.503. The molecule has 176 valence electrons. The Labute approximate surface area is 198 Å². The highest BCUT2D eigenvalue weighted by Gasteiger charge is 2.18. The molecular weight excluding hydrogens is 434 g/mol. The van der Waals surface area contributed by atoms with Crippen molar-refractivity contribution in [2.45, 2.75) is 6.54 Å². The van der Waals surface area contributed by atoms with Gasteiger partial charge in [0.1, 0.15) is 11.4 Å². The van der Waals surface area contributed by atoms with Crippen LogP contribution in [-0.2, 0) is 11.3 Å². The Morgan fingerprint density at radius 2 is 1.62 bits per heavy atom. The molecule has 34 heavy (non-hydrogen) atoms. The fourth-order valence-electron chi connectivity index (χ4n) is 3.26. The molecule has 0 radical (unpaired) electrons. The molecule has 8 nitrogen and oxygen atoms in total. The van der Waals surface area contributed by atoms with E-state index in [1.807, 2.05) is 18.2 Å². The van der Waals surface area contributed by atoms with Gasteiger partial charge >= 0.3 is 0 Å². The topological polar surface area (TPSA) is 112 Å². The summed E-state index contributed by atoms with van der Waals surface area (Å²) in [5.41, 5.74) is 8.20. The predicted molar refractivity (Wildman–Crippen MR) is 131 cm³/mol. The van der Waals surface area contributed by atoms with Gasteiger partial charge in [0.25, 0.3) is 11.8 Å². The summed E-state index contributed by atoms with van der Waals surface area (Å²) >= 11 is 0. The highest BCUT2D eigenvalue weighted by molar-refractivity contribution is 6.05. The van der Waals surface area contributed by atoms with Crippen molar-refractivity contribution < 1.29 is 23.8 Å². The Bertz CT molecular complexity index is 1190. The summed E-state index contributed by atoms with van der Waals surface area (Å²) in [6, 6.07) is 19.2. The second kappa shape index (κ2) is 11.4. The Hall–Kier alpha value is -4.46. The number of carbonyl (C=O) groups is 2. The quantitative estimate of drug-likeness (QED) is 0.333. The van der Waals surface area contributed by atoms with Crippen molar-refractivity contribution in [1.29, 1.82) is 0 Å². The maximum Gasteiger partial charge on any atom is 0.268 e. The van der Waals surface area contributed by atoms with Crippen LogP contribution in [0.5, 0.6) is 17.2 Å². The van der Waals surface area contributed by atoms with Crippen LogP contribution in [0.2, 0.25) is 0 Å². The zero-order valence-electron chi connectivity index (χ0n) is 19.3. The number of anilines is 1. The van der Waals surface area contributed by atoms with E-state index in [0.29, 0.717) is 34.1 Å². The number of hydrogen-bond acceptors (Lipinski definition) is 6. The molecule has 0 atom stereocenters. The molecule has 0 heterocycles. The monoisotopic (exact) mass is 461 g/mol. The van der Waals surface area contributed by atoms with Gasteiger partial charge in [-0.2, -0.15) is 0 Å². The van der Waals surface area contributed by atoms with Crippen LogP contribution in [0.1, 0.15) is 21.5 Å². The molecule has 0 aliphatic heterocycles. The Morgan fingerprint density at radius 3 is 2.26 bits per heavy atom. The van der Waals surface area contributed by atoms with Crippen LogP contribution in [-0.4, -0.2) is 33.1 Å². The van der Waals surface area contributed by atoms with E-state index >= 15 is 0 Å². The third kappa shape index (κ3) is 5.86. The third-order valence-corrected chi connectivity index (χ3v) is 5.04. The van der Waals surface area contributed by atoms with Gasteiger partial charge in [-0.25, -0.2) is 0 Å². The van der Waals surface area contributed by atoms with Gasteiger partial charge in [-0.05, 0) is 35.9 Å². The summed E-state index contributed by atoms with van der Waals surface area (Å²) in [4.78, 5) is 26.0. The van der Waals surface area contributed by atoms with Gasteiger partial charge < -0.3 is 30.6 Å². The van der Waals surface area contributed by atoms with Crippen LogP contribution < -0.4 is 30.6 Å². The van der Waals surface area contributed by atoms with E-state index in [-0.39, 0.29) is 12.2 Å². The van der Waals surface area contributed by atoms with Crippen molar-refractivity contribution >= 4 is 23.6 Å². The Kier molecular flexibility index (Phi) is 8.12. The number of carbonyl (C=O) groups excluding carboxylic acids is 2. The molecule has 0 bridgehead atoms. The van der Waals surface area contributed by atoms with Gasteiger partial charge in [0.05, 0.1) is 21.3 Å². The van der Waals surface area contributed by atoms with Crippen LogP contribution in [0.15, 0.2) is 72.4 Å². The summed E-state index contributed by atoms with van der Waals surface area (Å²) < 4.78 is 16.2. The van der Waals surface area contributed by atoms with E-state index in [0.717, 1.165) is 5.56 Å². The second-order valence-corrected chi connectivity index (χ2v) is 7.21. The molecule has 0 saturated heterocycles. The van der Waals surface area contributed by atoms with Crippen molar-refractivity contribution in [2.24, 2.45) is 0 Å². The number of methoxy groups -OCH3 is 3. The minimum Gasteiger partial charge on any atom is -0.497 e.